The van der Waals surface area contributed by atoms with Gasteiger partial charge in [-0.2, -0.15) is 0 Å². The number of rotatable bonds is 1. The number of piperidine rings is 1. The van der Waals surface area contributed by atoms with Crippen molar-refractivity contribution >= 4 is 5.91 Å². The molecule has 1 aliphatic heterocycles. The van der Waals surface area contributed by atoms with E-state index in [2.05, 4.69) is 25.7 Å². The monoisotopic (exact) mass is 252 g/mol. The van der Waals surface area contributed by atoms with Crippen LogP contribution in [0.25, 0.3) is 0 Å². The molecule has 0 bridgehead atoms. The minimum Gasteiger partial charge on any atom is -0.342 e. The zero-order chi connectivity index (χ0) is 13.3. The molecule has 0 aromatic carbocycles. The van der Waals surface area contributed by atoms with E-state index in [4.69, 9.17) is 5.73 Å². The minimum atomic E-state index is 0.168. The normalized spacial score (nSPS) is 41.8. The largest absolute Gasteiger partial charge is 0.342 e. The van der Waals surface area contributed by atoms with Crippen LogP contribution in [-0.4, -0.2) is 29.9 Å². The summed E-state index contributed by atoms with van der Waals surface area (Å²) in [5.74, 6) is 2.25. The number of carbonyl (C=O) groups excluding carboxylic acids is 1. The van der Waals surface area contributed by atoms with Crippen molar-refractivity contribution in [2.45, 2.75) is 52.5 Å². The molecule has 3 heteroatoms. The molecule has 0 radical (unpaired) electrons. The molecule has 5 unspecified atom stereocenters. The molecular weight excluding hydrogens is 224 g/mol. The van der Waals surface area contributed by atoms with Crippen LogP contribution in [-0.2, 0) is 4.79 Å². The van der Waals surface area contributed by atoms with Gasteiger partial charge >= 0.3 is 0 Å². The molecular formula is C15H28N2O. The first kappa shape index (κ1) is 13.9. The van der Waals surface area contributed by atoms with Crippen LogP contribution >= 0.6 is 0 Å². The second-order valence-corrected chi connectivity index (χ2v) is 6.73. The zero-order valence-electron chi connectivity index (χ0n) is 12.1. The van der Waals surface area contributed by atoms with Crippen LogP contribution in [0.1, 0.15) is 46.5 Å². The molecule has 1 heterocycles. The van der Waals surface area contributed by atoms with Crippen LogP contribution in [0.5, 0.6) is 0 Å². The summed E-state index contributed by atoms with van der Waals surface area (Å²) < 4.78 is 0. The van der Waals surface area contributed by atoms with Gasteiger partial charge in [-0.15, -0.1) is 0 Å². The summed E-state index contributed by atoms with van der Waals surface area (Å²) in [6.07, 6.45) is 4.41. The van der Waals surface area contributed by atoms with E-state index in [1.165, 1.54) is 6.42 Å². The number of hydrogen-bond donors (Lipinski definition) is 1. The highest BCUT2D eigenvalue weighted by atomic mass is 16.2. The lowest BCUT2D eigenvalue weighted by Gasteiger charge is -2.40. The second kappa shape index (κ2) is 5.60. The third-order valence-electron chi connectivity index (χ3n) is 4.97. The smallest absolute Gasteiger partial charge is 0.226 e. The molecule has 0 aromatic heterocycles. The van der Waals surface area contributed by atoms with Gasteiger partial charge in [-0.1, -0.05) is 20.8 Å². The Morgan fingerprint density at radius 2 is 1.89 bits per heavy atom. The summed E-state index contributed by atoms with van der Waals surface area (Å²) >= 11 is 0. The summed E-state index contributed by atoms with van der Waals surface area (Å²) in [6.45, 7) is 8.59. The van der Waals surface area contributed by atoms with Gasteiger partial charge in [0.2, 0.25) is 5.91 Å². The number of hydrogen-bond acceptors (Lipinski definition) is 2. The third kappa shape index (κ3) is 2.87. The molecule has 0 spiro atoms. The Bertz CT molecular complexity index is 305. The third-order valence-corrected chi connectivity index (χ3v) is 4.97. The van der Waals surface area contributed by atoms with Gasteiger partial charge in [0.25, 0.3) is 0 Å². The Kier molecular flexibility index (Phi) is 4.31. The standard InChI is InChI=1S/C15H28N2O/c1-10-5-4-6-17(9-10)15(18)13-8-14(16)12(3)7-11(13)2/h10-14H,4-9,16H2,1-3H3. The van der Waals surface area contributed by atoms with Crippen molar-refractivity contribution in [1.82, 2.24) is 4.90 Å². The van der Waals surface area contributed by atoms with Crippen LogP contribution in [0.3, 0.4) is 0 Å². The summed E-state index contributed by atoms with van der Waals surface area (Å²) in [7, 11) is 0. The van der Waals surface area contributed by atoms with Gasteiger partial charge in [-0.25, -0.2) is 0 Å². The fourth-order valence-corrected chi connectivity index (χ4v) is 3.65. The van der Waals surface area contributed by atoms with Crippen LogP contribution in [0.15, 0.2) is 0 Å². The Labute approximate surface area is 111 Å². The van der Waals surface area contributed by atoms with Gasteiger partial charge in [0.1, 0.15) is 0 Å². The average molecular weight is 252 g/mol. The average Bonchev–Trinajstić information content (AvgIpc) is 2.33. The SMILES string of the molecule is CC1CCCN(C(=O)C2CC(N)C(C)CC2C)C1. The molecule has 2 aliphatic rings. The van der Waals surface area contributed by atoms with E-state index in [1.807, 2.05) is 0 Å². The van der Waals surface area contributed by atoms with Crippen LogP contribution in [0.2, 0.25) is 0 Å². The van der Waals surface area contributed by atoms with Crippen molar-refractivity contribution in [2.75, 3.05) is 13.1 Å². The lowest BCUT2D eigenvalue weighted by atomic mass is 9.72. The second-order valence-electron chi connectivity index (χ2n) is 6.73. The van der Waals surface area contributed by atoms with Crippen molar-refractivity contribution in [3.63, 3.8) is 0 Å². The van der Waals surface area contributed by atoms with Gasteiger partial charge in [0.05, 0.1) is 0 Å². The number of likely N-dealkylation sites (tertiary alicyclic amines) is 1. The number of amides is 1. The van der Waals surface area contributed by atoms with E-state index in [9.17, 15) is 4.79 Å². The molecule has 104 valence electrons. The van der Waals surface area contributed by atoms with Crippen molar-refractivity contribution < 1.29 is 4.79 Å². The van der Waals surface area contributed by atoms with Gasteiger partial charge < -0.3 is 10.6 Å². The molecule has 1 amide bonds. The summed E-state index contributed by atoms with van der Waals surface area (Å²) in [5, 5.41) is 0. The number of carbonyl (C=O) groups is 1. The molecule has 18 heavy (non-hydrogen) atoms. The number of nitrogens with zero attached hydrogens (tertiary/aromatic N) is 1. The zero-order valence-corrected chi connectivity index (χ0v) is 12.1. The lowest BCUT2D eigenvalue weighted by Crippen LogP contribution is -2.48. The maximum atomic E-state index is 12.6. The highest BCUT2D eigenvalue weighted by Crippen LogP contribution is 2.34. The van der Waals surface area contributed by atoms with E-state index in [0.717, 1.165) is 32.4 Å². The first-order valence-corrected chi connectivity index (χ1v) is 7.53. The van der Waals surface area contributed by atoms with Crippen molar-refractivity contribution in [2.24, 2.45) is 29.4 Å². The topological polar surface area (TPSA) is 46.3 Å². The van der Waals surface area contributed by atoms with Gasteiger partial charge in [0.15, 0.2) is 0 Å². The van der Waals surface area contributed by atoms with E-state index in [-0.39, 0.29) is 12.0 Å². The van der Waals surface area contributed by atoms with Gasteiger partial charge in [-0.05, 0) is 43.4 Å². The summed E-state index contributed by atoms with van der Waals surface area (Å²) in [4.78, 5) is 14.7. The molecule has 1 saturated carbocycles. The van der Waals surface area contributed by atoms with Crippen LogP contribution in [0, 0.1) is 23.7 Å². The van der Waals surface area contributed by atoms with Crippen LogP contribution < -0.4 is 5.73 Å². The maximum Gasteiger partial charge on any atom is 0.226 e. The number of nitrogens with two attached hydrogens (primary N) is 1. The summed E-state index contributed by atoms with van der Waals surface area (Å²) in [5.41, 5.74) is 6.15. The Morgan fingerprint density at radius 3 is 2.56 bits per heavy atom. The molecule has 2 N–H and O–H groups in total. The fourth-order valence-electron chi connectivity index (χ4n) is 3.65. The quantitative estimate of drug-likeness (QED) is 0.778. The predicted octanol–water partition coefficient (Wildman–Crippen LogP) is 2.25. The van der Waals surface area contributed by atoms with Crippen molar-refractivity contribution in [3.8, 4) is 0 Å². The van der Waals surface area contributed by atoms with Crippen molar-refractivity contribution in [3.05, 3.63) is 0 Å². The molecule has 1 aliphatic carbocycles. The van der Waals surface area contributed by atoms with E-state index in [0.29, 0.717) is 23.7 Å². The highest BCUT2D eigenvalue weighted by molar-refractivity contribution is 5.79. The fraction of sp³-hybridized carbons (Fsp3) is 0.933. The first-order chi connectivity index (χ1) is 8.49. The van der Waals surface area contributed by atoms with Crippen LogP contribution in [0.4, 0.5) is 0 Å². The molecule has 0 aromatic rings. The Balaban J connectivity index is 1.99. The highest BCUT2D eigenvalue weighted by Gasteiger charge is 2.37. The molecule has 3 nitrogen and oxygen atoms in total. The Morgan fingerprint density at radius 1 is 1.17 bits per heavy atom. The van der Waals surface area contributed by atoms with Crippen molar-refractivity contribution in [1.29, 1.82) is 0 Å². The lowest BCUT2D eigenvalue weighted by molar-refractivity contribution is -0.140. The van der Waals surface area contributed by atoms with E-state index < -0.39 is 0 Å². The van der Waals surface area contributed by atoms with E-state index >= 15 is 0 Å². The molecule has 2 rings (SSSR count). The molecule has 2 fully saturated rings. The first-order valence-electron chi connectivity index (χ1n) is 7.53. The Hall–Kier alpha value is -0.570. The molecule has 5 atom stereocenters. The predicted molar refractivity (Wildman–Crippen MR) is 74.0 cm³/mol. The minimum absolute atomic E-state index is 0.168. The van der Waals surface area contributed by atoms with Gasteiger partial charge in [0, 0.05) is 25.0 Å². The van der Waals surface area contributed by atoms with E-state index in [1.54, 1.807) is 0 Å². The van der Waals surface area contributed by atoms with Gasteiger partial charge in [-0.3, -0.25) is 4.79 Å². The maximum absolute atomic E-state index is 12.6. The molecule has 1 saturated heterocycles. The summed E-state index contributed by atoms with van der Waals surface area (Å²) in [6, 6.07) is 0.206.